The highest BCUT2D eigenvalue weighted by molar-refractivity contribution is 7.57. The number of hydrogen-bond acceptors (Lipinski definition) is 6. The molecule has 0 radical (unpaired) electrons. The van der Waals surface area contributed by atoms with Crippen molar-refractivity contribution in [2.45, 2.75) is 116 Å². The van der Waals surface area contributed by atoms with Crippen LogP contribution < -0.4 is 5.56 Å². The maximum absolute atomic E-state index is 14.2. The SMILES string of the molecule is CCOP(=O)(C=Cc1nc2ccccc2n(C2CC3CCCC(C2)N3C2CC3CC(CC)C4C(C3)CC4C2)c1=O)OCC. The van der Waals surface area contributed by atoms with E-state index in [0.717, 1.165) is 53.5 Å². The Bertz CT molecular complexity index is 1430. The van der Waals surface area contributed by atoms with Gasteiger partial charge in [0, 0.05) is 30.0 Å². The molecule has 8 unspecified atom stereocenters. The van der Waals surface area contributed by atoms with Crippen LogP contribution in [0.2, 0.25) is 0 Å². The molecule has 8 atom stereocenters. The summed E-state index contributed by atoms with van der Waals surface area (Å²) < 4.78 is 26.1. The number of para-hydroxylation sites is 2. The van der Waals surface area contributed by atoms with Gasteiger partial charge in [0.15, 0.2) is 0 Å². The molecule has 6 bridgehead atoms. The van der Waals surface area contributed by atoms with Crippen molar-refractivity contribution in [2.75, 3.05) is 13.2 Å². The fraction of sp³-hybridized carbons (Fsp3) is 0.714. The van der Waals surface area contributed by atoms with Crippen LogP contribution in [-0.2, 0) is 13.6 Å². The molecule has 234 valence electrons. The van der Waals surface area contributed by atoms with Crippen molar-refractivity contribution >= 4 is 24.7 Å². The van der Waals surface area contributed by atoms with E-state index < -0.39 is 7.60 Å². The van der Waals surface area contributed by atoms with Crippen LogP contribution in [0.1, 0.15) is 103 Å². The smallest absolute Gasteiger partial charge is 0.306 e. The lowest BCUT2D eigenvalue weighted by molar-refractivity contribution is -0.110. The molecule has 1 aromatic carbocycles. The monoisotopic (exact) mass is 607 g/mol. The summed E-state index contributed by atoms with van der Waals surface area (Å²) in [5.41, 5.74) is 1.87. The van der Waals surface area contributed by atoms with Crippen molar-refractivity contribution in [3.63, 3.8) is 0 Å². The number of fused-ring (bicyclic) bond motifs is 4. The summed E-state index contributed by atoms with van der Waals surface area (Å²) in [6.45, 7) is 6.53. The summed E-state index contributed by atoms with van der Waals surface area (Å²) in [5.74, 6) is 6.24. The van der Waals surface area contributed by atoms with Crippen LogP contribution in [0, 0.1) is 29.6 Å². The Morgan fingerprint density at radius 3 is 2.33 bits per heavy atom. The van der Waals surface area contributed by atoms with E-state index in [-0.39, 0.29) is 24.8 Å². The Morgan fingerprint density at radius 2 is 1.60 bits per heavy atom. The number of benzene rings is 1. The number of nitrogens with zero attached hydrogens (tertiary/aromatic N) is 3. The Balaban J connectivity index is 1.18. The van der Waals surface area contributed by atoms with Gasteiger partial charge in [0.25, 0.3) is 5.56 Å². The van der Waals surface area contributed by atoms with Crippen molar-refractivity contribution in [2.24, 2.45) is 29.6 Å². The zero-order chi connectivity index (χ0) is 29.7. The van der Waals surface area contributed by atoms with E-state index >= 15 is 0 Å². The normalized spacial score (nSPS) is 36.0. The summed E-state index contributed by atoms with van der Waals surface area (Å²) in [4.78, 5) is 21.9. The van der Waals surface area contributed by atoms with Crippen molar-refractivity contribution < 1.29 is 13.6 Å². The molecule has 5 aliphatic carbocycles. The lowest BCUT2D eigenvalue weighted by Gasteiger charge is -2.61. The van der Waals surface area contributed by atoms with E-state index in [0.29, 0.717) is 23.8 Å². The molecule has 7 fully saturated rings. The Labute approximate surface area is 257 Å². The van der Waals surface area contributed by atoms with Gasteiger partial charge >= 0.3 is 7.60 Å². The van der Waals surface area contributed by atoms with Gasteiger partial charge in [-0.05, 0) is 119 Å². The molecule has 0 N–H and O–H groups in total. The molecular formula is C35H50N3O4P. The van der Waals surface area contributed by atoms with Crippen molar-refractivity contribution in [3.05, 3.63) is 46.1 Å². The van der Waals surface area contributed by atoms with E-state index in [1.165, 1.54) is 63.6 Å². The van der Waals surface area contributed by atoms with Gasteiger partial charge in [-0.25, -0.2) is 4.98 Å². The first-order valence-electron chi connectivity index (χ1n) is 17.3. The predicted molar refractivity (Wildman–Crippen MR) is 172 cm³/mol. The van der Waals surface area contributed by atoms with Crippen LogP contribution in [-0.4, -0.2) is 45.8 Å². The molecule has 1 aromatic heterocycles. The van der Waals surface area contributed by atoms with Crippen LogP contribution in [0.5, 0.6) is 0 Å². The third-order valence-corrected chi connectivity index (χ3v) is 13.6. The fourth-order valence-corrected chi connectivity index (χ4v) is 11.8. The van der Waals surface area contributed by atoms with Crippen LogP contribution in [0.15, 0.2) is 34.9 Å². The summed E-state index contributed by atoms with van der Waals surface area (Å²) >= 11 is 0. The second-order valence-electron chi connectivity index (χ2n) is 14.1. The molecular weight excluding hydrogens is 557 g/mol. The Morgan fingerprint density at radius 1 is 0.884 bits per heavy atom. The summed E-state index contributed by atoms with van der Waals surface area (Å²) in [6, 6.07) is 9.89. The number of rotatable bonds is 9. The van der Waals surface area contributed by atoms with E-state index in [9.17, 15) is 9.36 Å². The highest BCUT2D eigenvalue weighted by Crippen LogP contribution is 2.60. The highest BCUT2D eigenvalue weighted by Gasteiger charge is 2.53. The predicted octanol–water partition coefficient (Wildman–Crippen LogP) is 8.04. The average Bonchev–Trinajstić information content (AvgIpc) is 2.96. The van der Waals surface area contributed by atoms with E-state index in [1.54, 1.807) is 19.9 Å². The maximum Gasteiger partial charge on any atom is 0.354 e. The van der Waals surface area contributed by atoms with E-state index in [2.05, 4.69) is 11.8 Å². The second-order valence-corrected chi connectivity index (χ2v) is 16.0. The van der Waals surface area contributed by atoms with Crippen molar-refractivity contribution in [3.8, 4) is 0 Å². The van der Waals surface area contributed by atoms with Gasteiger partial charge in [-0.15, -0.1) is 0 Å². The Kier molecular flexibility index (Phi) is 8.48. The fourth-order valence-electron chi connectivity index (χ4n) is 10.5. The second kappa shape index (κ2) is 12.2. The minimum atomic E-state index is -3.45. The van der Waals surface area contributed by atoms with E-state index in [1.807, 2.05) is 28.8 Å². The third kappa shape index (κ3) is 5.51. The van der Waals surface area contributed by atoms with Gasteiger partial charge in [0.2, 0.25) is 0 Å². The molecule has 0 amide bonds. The molecule has 5 saturated carbocycles. The first-order chi connectivity index (χ1) is 20.9. The van der Waals surface area contributed by atoms with Gasteiger partial charge < -0.3 is 13.6 Å². The summed E-state index contributed by atoms with van der Waals surface area (Å²) in [5, 5.41) is 0. The quantitative estimate of drug-likeness (QED) is 0.269. The molecule has 43 heavy (non-hydrogen) atoms. The molecule has 9 rings (SSSR count). The zero-order valence-electron chi connectivity index (χ0n) is 26.3. The highest BCUT2D eigenvalue weighted by atomic mass is 31.2. The van der Waals surface area contributed by atoms with Gasteiger partial charge in [0.1, 0.15) is 5.69 Å². The molecule has 7 aliphatic rings. The topological polar surface area (TPSA) is 73.7 Å². The van der Waals surface area contributed by atoms with Gasteiger partial charge in [-0.3, -0.25) is 14.3 Å². The van der Waals surface area contributed by atoms with Gasteiger partial charge in [-0.1, -0.05) is 31.9 Å². The third-order valence-electron chi connectivity index (χ3n) is 11.9. The lowest BCUT2D eigenvalue weighted by atomic mass is 9.48. The standard InChI is InChI=1S/C35H50N3O4P/c1-4-24-16-23-17-25-19-26(34(24)25)20-29(18-23)37-27-10-9-11-28(37)22-30(21-27)38-33-13-8-7-12-31(33)36-32(35(38)39)14-15-43(40,41-5-2)42-6-3/h7-8,12-15,23-30,34H,4-6,9-11,16-22H2,1-3H3. The summed E-state index contributed by atoms with van der Waals surface area (Å²) in [7, 11) is -3.45. The number of piperidine rings is 2. The first kappa shape index (κ1) is 29.9. The largest absolute Gasteiger partial charge is 0.354 e. The number of aromatic nitrogens is 2. The molecule has 2 aliphatic heterocycles. The summed E-state index contributed by atoms with van der Waals surface area (Å²) in [6.07, 6.45) is 15.9. The van der Waals surface area contributed by atoms with Crippen LogP contribution in [0.25, 0.3) is 17.1 Å². The molecule has 8 heteroatoms. The maximum atomic E-state index is 14.2. The average molecular weight is 608 g/mol. The van der Waals surface area contributed by atoms with Crippen LogP contribution in [0.3, 0.4) is 0 Å². The zero-order valence-corrected chi connectivity index (χ0v) is 27.2. The molecule has 7 nitrogen and oxygen atoms in total. The minimum absolute atomic E-state index is 0.111. The van der Waals surface area contributed by atoms with Gasteiger partial charge in [0.05, 0.1) is 24.2 Å². The molecule has 2 aromatic rings. The van der Waals surface area contributed by atoms with Crippen LogP contribution in [0.4, 0.5) is 0 Å². The van der Waals surface area contributed by atoms with Crippen molar-refractivity contribution in [1.82, 2.24) is 14.5 Å². The minimum Gasteiger partial charge on any atom is -0.306 e. The first-order valence-corrected chi connectivity index (χ1v) is 18.9. The molecule has 0 spiro atoms. The van der Waals surface area contributed by atoms with Crippen molar-refractivity contribution in [1.29, 1.82) is 0 Å². The lowest BCUT2D eigenvalue weighted by Crippen LogP contribution is -2.60. The molecule has 2 saturated heterocycles. The van der Waals surface area contributed by atoms with E-state index in [4.69, 9.17) is 14.0 Å². The number of hydrogen-bond donors (Lipinski definition) is 0. The van der Waals surface area contributed by atoms with Gasteiger partial charge in [-0.2, -0.15) is 0 Å². The molecule has 3 heterocycles. The van der Waals surface area contributed by atoms with Crippen LogP contribution >= 0.6 is 7.60 Å². The Hall–Kier alpha value is -1.79.